The molecule has 0 aliphatic rings. The Hall–Kier alpha value is -1.39. The maximum absolute atomic E-state index is 5.83. The van der Waals surface area contributed by atoms with Gasteiger partial charge in [-0.2, -0.15) is 0 Å². The zero-order chi connectivity index (χ0) is 14.2. The van der Waals surface area contributed by atoms with Crippen molar-refractivity contribution < 1.29 is 4.74 Å². The summed E-state index contributed by atoms with van der Waals surface area (Å²) >= 11 is 8.69. The number of benzene rings is 2. The molecule has 5 heteroatoms. The number of hydrogen-bond donors (Lipinski definition) is 0. The van der Waals surface area contributed by atoms with E-state index in [-0.39, 0.29) is 0 Å². The molecular formula is C15H14BrClN2O. The molecule has 0 saturated heterocycles. The van der Waals surface area contributed by atoms with Crippen LogP contribution in [0.3, 0.4) is 0 Å². The summed E-state index contributed by atoms with van der Waals surface area (Å²) in [6.07, 6.45) is 0.956. The van der Waals surface area contributed by atoms with E-state index in [1.165, 1.54) is 0 Å². The van der Waals surface area contributed by atoms with E-state index in [1.54, 1.807) is 0 Å². The number of rotatable bonds is 6. The second kappa shape index (κ2) is 8.02. The number of alkyl halides is 1. The van der Waals surface area contributed by atoms with Crippen LogP contribution >= 0.6 is 27.7 Å². The Morgan fingerprint density at radius 1 is 1.10 bits per heavy atom. The predicted octanol–water partition coefficient (Wildman–Crippen LogP) is 5.75. The molecule has 0 spiro atoms. The van der Waals surface area contributed by atoms with Crippen molar-refractivity contribution in [3.05, 3.63) is 48.5 Å². The normalized spacial score (nSPS) is 10.9. The highest BCUT2D eigenvalue weighted by Crippen LogP contribution is 2.33. The van der Waals surface area contributed by atoms with Crippen LogP contribution in [-0.2, 0) is 0 Å². The summed E-state index contributed by atoms with van der Waals surface area (Å²) in [5.74, 6) is 0.839. The van der Waals surface area contributed by atoms with Crippen LogP contribution in [0.25, 0.3) is 11.1 Å². The van der Waals surface area contributed by atoms with Crippen molar-refractivity contribution in [1.82, 2.24) is 0 Å². The molecule has 2 rings (SSSR count). The summed E-state index contributed by atoms with van der Waals surface area (Å²) in [5.41, 5.74) is 2.77. The molecule has 104 valence electrons. The lowest BCUT2D eigenvalue weighted by atomic mass is 10.0. The summed E-state index contributed by atoms with van der Waals surface area (Å²) in [6, 6.07) is 15.7. The molecule has 0 aromatic heterocycles. The van der Waals surface area contributed by atoms with Crippen LogP contribution in [0.15, 0.2) is 58.3 Å². The number of nitrogens with zero attached hydrogens (tertiary/aromatic N) is 2. The molecule has 0 heterocycles. The Morgan fingerprint density at radius 3 is 2.60 bits per heavy atom. The second-order valence-electron chi connectivity index (χ2n) is 4.11. The SMILES string of the molecule is ClN=Nc1ccc(OCCCBr)c(-c2ccccc2)c1. The molecule has 3 nitrogen and oxygen atoms in total. The van der Waals surface area contributed by atoms with Crippen LogP contribution in [0.4, 0.5) is 5.69 Å². The van der Waals surface area contributed by atoms with E-state index in [4.69, 9.17) is 16.5 Å². The highest BCUT2D eigenvalue weighted by atomic mass is 79.9. The largest absolute Gasteiger partial charge is 0.493 e. The van der Waals surface area contributed by atoms with Gasteiger partial charge in [-0.3, -0.25) is 0 Å². The smallest absolute Gasteiger partial charge is 0.127 e. The minimum Gasteiger partial charge on any atom is -0.493 e. The first kappa shape index (κ1) is 15.0. The minimum atomic E-state index is 0.668. The minimum absolute atomic E-state index is 0.668. The van der Waals surface area contributed by atoms with Crippen LogP contribution in [0.1, 0.15) is 6.42 Å². The van der Waals surface area contributed by atoms with Gasteiger partial charge < -0.3 is 4.74 Å². The number of hydrogen-bond acceptors (Lipinski definition) is 3. The first-order chi connectivity index (χ1) is 9.85. The van der Waals surface area contributed by atoms with Crippen LogP contribution in [-0.4, -0.2) is 11.9 Å². The molecule has 0 bridgehead atoms. The molecule has 0 atom stereocenters. The Bertz CT molecular complexity index is 575. The summed E-state index contributed by atoms with van der Waals surface area (Å²) in [5, 5.41) is 4.78. The van der Waals surface area contributed by atoms with Gasteiger partial charge in [0.05, 0.1) is 24.1 Å². The molecule has 0 fully saturated rings. The quantitative estimate of drug-likeness (QED) is 0.369. The van der Waals surface area contributed by atoms with Gasteiger partial charge in [0.1, 0.15) is 5.75 Å². The molecule has 0 amide bonds. The van der Waals surface area contributed by atoms with Crippen molar-refractivity contribution in [1.29, 1.82) is 0 Å². The number of ether oxygens (including phenoxy) is 1. The van der Waals surface area contributed by atoms with Crippen molar-refractivity contribution >= 4 is 33.4 Å². The number of halogens is 2. The summed E-state index contributed by atoms with van der Waals surface area (Å²) in [7, 11) is 0. The van der Waals surface area contributed by atoms with E-state index in [2.05, 4.69) is 25.7 Å². The fourth-order valence-electron chi connectivity index (χ4n) is 1.83. The molecule has 20 heavy (non-hydrogen) atoms. The first-order valence-electron chi connectivity index (χ1n) is 6.25. The molecule has 2 aromatic carbocycles. The van der Waals surface area contributed by atoms with Gasteiger partial charge in [0.15, 0.2) is 0 Å². The van der Waals surface area contributed by atoms with Crippen LogP contribution in [0, 0.1) is 0 Å². The summed E-state index contributed by atoms with van der Waals surface area (Å²) < 4.78 is 9.13. The lowest BCUT2D eigenvalue weighted by molar-refractivity contribution is 0.320. The first-order valence-corrected chi connectivity index (χ1v) is 7.71. The average molecular weight is 354 g/mol. The standard InChI is InChI=1S/C15H14BrClN2O/c16-9-4-10-20-15-8-7-13(18-19-17)11-14(15)12-5-2-1-3-6-12/h1-3,5-8,11H,4,9-10H2. The fourth-order valence-corrected chi connectivity index (χ4v) is 2.15. The summed E-state index contributed by atoms with van der Waals surface area (Å²) in [4.78, 5) is 0. The molecule has 0 N–H and O–H groups in total. The Balaban J connectivity index is 2.35. The van der Waals surface area contributed by atoms with Crippen LogP contribution in [0.2, 0.25) is 0 Å². The van der Waals surface area contributed by atoms with Gasteiger partial charge in [-0.15, -0.1) is 5.11 Å². The third-order valence-electron chi connectivity index (χ3n) is 2.74. The maximum Gasteiger partial charge on any atom is 0.127 e. The van der Waals surface area contributed by atoms with Gasteiger partial charge in [0, 0.05) is 10.9 Å². The zero-order valence-corrected chi connectivity index (χ0v) is 13.1. The topological polar surface area (TPSA) is 34.0 Å². The average Bonchev–Trinajstić information content (AvgIpc) is 2.50. The van der Waals surface area contributed by atoms with E-state index >= 15 is 0 Å². The molecular weight excluding hydrogens is 340 g/mol. The van der Waals surface area contributed by atoms with Gasteiger partial charge in [-0.05, 0) is 30.2 Å². The van der Waals surface area contributed by atoms with Crippen molar-refractivity contribution in [3.63, 3.8) is 0 Å². The molecule has 2 aromatic rings. The zero-order valence-electron chi connectivity index (χ0n) is 10.8. The van der Waals surface area contributed by atoms with Crippen molar-refractivity contribution in [2.24, 2.45) is 9.75 Å². The third kappa shape index (κ3) is 4.05. The van der Waals surface area contributed by atoms with E-state index in [0.717, 1.165) is 28.6 Å². The lowest BCUT2D eigenvalue weighted by Gasteiger charge is -2.12. The molecule has 0 radical (unpaired) electrons. The van der Waals surface area contributed by atoms with Gasteiger partial charge in [-0.1, -0.05) is 50.9 Å². The molecule has 0 saturated carbocycles. The molecule has 0 aliphatic carbocycles. The highest BCUT2D eigenvalue weighted by molar-refractivity contribution is 9.09. The lowest BCUT2D eigenvalue weighted by Crippen LogP contribution is -1.99. The fraction of sp³-hybridized carbons (Fsp3) is 0.200. The third-order valence-corrected chi connectivity index (χ3v) is 3.37. The Labute approximate surface area is 131 Å². The Morgan fingerprint density at radius 2 is 1.90 bits per heavy atom. The van der Waals surface area contributed by atoms with Gasteiger partial charge >= 0.3 is 0 Å². The molecule has 0 unspecified atom stereocenters. The van der Waals surface area contributed by atoms with Crippen molar-refractivity contribution in [3.8, 4) is 16.9 Å². The second-order valence-corrected chi connectivity index (χ2v) is 5.06. The van der Waals surface area contributed by atoms with E-state index in [0.29, 0.717) is 12.3 Å². The van der Waals surface area contributed by atoms with Gasteiger partial charge in [0.25, 0.3) is 0 Å². The van der Waals surface area contributed by atoms with Crippen molar-refractivity contribution in [2.45, 2.75) is 6.42 Å². The van der Waals surface area contributed by atoms with E-state index in [1.807, 2.05) is 48.5 Å². The van der Waals surface area contributed by atoms with Crippen molar-refractivity contribution in [2.75, 3.05) is 11.9 Å². The summed E-state index contributed by atoms with van der Waals surface area (Å²) in [6.45, 7) is 0.668. The van der Waals surface area contributed by atoms with Gasteiger partial charge in [-0.25, -0.2) is 0 Å². The van der Waals surface area contributed by atoms with E-state index in [9.17, 15) is 0 Å². The van der Waals surface area contributed by atoms with E-state index < -0.39 is 0 Å². The Kier molecular flexibility index (Phi) is 6.02. The molecule has 0 aliphatic heterocycles. The van der Waals surface area contributed by atoms with Crippen LogP contribution in [0.5, 0.6) is 5.75 Å². The maximum atomic E-state index is 5.83. The van der Waals surface area contributed by atoms with Gasteiger partial charge in [0.2, 0.25) is 0 Å². The predicted molar refractivity (Wildman–Crippen MR) is 86.2 cm³/mol. The van der Waals surface area contributed by atoms with Crippen LogP contribution < -0.4 is 4.74 Å². The monoisotopic (exact) mass is 352 g/mol. The highest BCUT2D eigenvalue weighted by Gasteiger charge is 2.07.